The molecule has 30 heavy (non-hydrogen) atoms. The van der Waals surface area contributed by atoms with Crippen LogP contribution in [0.5, 0.6) is 11.5 Å². The highest BCUT2D eigenvalue weighted by Crippen LogP contribution is 2.48. The van der Waals surface area contributed by atoms with Crippen molar-refractivity contribution in [2.24, 2.45) is 0 Å². The maximum absolute atomic E-state index is 6.27. The zero-order chi connectivity index (χ0) is 20.6. The van der Waals surface area contributed by atoms with Crippen LogP contribution in [0.25, 0.3) is 5.69 Å². The molecule has 2 aromatic carbocycles. The highest BCUT2D eigenvalue weighted by molar-refractivity contribution is 5.45. The summed E-state index contributed by atoms with van der Waals surface area (Å²) in [4.78, 5) is 4.67. The van der Waals surface area contributed by atoms with Crippen LogP contribution in [0.4, 0.5) is 0 Å². The van der Waals surface area contributed by atoms with Gasteiger partial charge >= 0.3 is 0 Å². The molecular formula is C26H25N3O. The number of hydrogen-bond acceptors (Lipinski definition) is 3. The fourth-order valence-electron chi connectivity index (χ4n) is 4.43. The molecule has 2 heterocycles. The summed E-state index contributed by atoms with van der Waals surface area (Å²) in [5.74, 6) is 1.65. The maximum atomic E-state index is 6.27. The van der Waals surface area contributed by atoms with E-state index in [1.165, 1.54) is 12.0 Å². The summed E-state index contributed by atoms with van der Waals surface area (Å²) in [5, 5.41) is 4.58. The SMILES string of the molecule is Cc1cc(C)n(-c2cccc(Oc3cccc(C4(c5ccccn5)CCC4)c3)c2)n1. The van der Waals surface area contributed by atoms with E-state index in [2.05, 4.69) is 53.4 Å². The van der Waals surface area contributed by atoms with Crippen LogP contribution in [0.3, 0.4) is 0 Å². The molecule has 0 aliphatic heterocycles. The van der Waals surface area contributed by atoms with E-state index in [0.717, 1.165) is 47.1 Å². The van der Waals surface area contributed by atoms with Crippen LogP contribution in [0.2, 0.25) is 0 Å². The smallest absolute Gasteiger partial charge is 0.129 e. The van der Waals surface area contributed by atoms with Crippen LogP contribution in [0.15, 0.2) is 79.0 Å². The second-order valence-corrected chi connectivity index (χ2v) is 8.12. The molecule has 0 amide bonds. The van der Waals surface area contributed by atoms with Crippen LogP contribution in [0, 0.1) is 13.8 Å². The second-order valence-electron chi connectivity index (χ2n) is 8.12. The molecule has 0 atom stereocenters. The lowest BCUT2D eigenvalue weighted by atomic mass is 9.62. The van der Waals surface area contributed by atoms with E-state index in [9.17, 15) is 0 Å². The molecule has 4 nitrogen and oxygen atoms in total. The molecule has 4 aromatic rings. The molecule has 0 saturated heterocycles. The van der Waals surface area contributed by atoms with E-state index in [0.29, 0.717) is 0 Å². The summed E-state index contributed by atoms with van der Waals surface area (Å²) < 4.78 is 8.21. The topological polar surface area (TPSA) is 39.9 Å². The minimum absolute atomic E-state index is 0.00613. The van der Waals surface area contributed by atoms with Gasteiger partial charge in [0.05, 0.1) is 17.1 Å². The first-order valence-electron chi connectivity index (χ1n) is 10.5. The quantitative estimate of drug-likeness (QED) is 0.407. The van der Waals surface area contributed by atoms with Gasteiger partial charge in [0.1, 0.15) is 11.5 Å². The van der Waals surface area contributed by atoms with Gasteiger partial charge in [-0.2, -0.15) is 5.10 Å². The lowest BCUT2D eigenvalue weighted by molar-refractivity contribution is 0.293. The Morgan fingerprint density at radius 1 is 0.867 bits per heavy atom. The Labute approximate surface area is 177 Å². The summed E-state index contributed by atoms with van der Waals surface area (Å²) in [5.41, 5.74) is 5.55. The normalized spacial score (nSPS) is 14.9. The molecule has 2 aromatic heterocycles. The Morgan fingerprint density at radius 3 is 2.33 bits per heavy atom. The van der Waals surface area contributed by atoms with E-state index in [-0.39, 0.29) is 5.41 Å². The van der Waals surface area contributed by atoms with E-state index in [1.807, 2.05) is 54.2 Å². The van der Waals surface area contributed by atoms with Crippen molar-refractivity contribution in [2.45, 2.75) is 38.5 Å². The Kier molecular flexibility index (Phi) is 4.62. The standard InChI is InChI=1S/C26H25N3O/c1-19-16-20(2)29(28-19)22-9-6-11-24(18-22)30-23-10-5-8-21(17-23)26(13-7-14-26)25-12-3-4-15-27-25/h3-6,8-12,15-18H,7,13-14H2,1-2H3. The summed E-state index contributed by atoms with van der Waals surface area (Å²) in [6.45, 7) is 4.07. The first-order chi connectivity index (χ1) is 14.6. The Morgan fingerprint density at radius 2 is 1.67 bits per heavy atom. The van der Waals surface area contributed by atoms with Gasteiger partial charge in [0.25, 0.3) is 0 Å². The van der Waals surface area contributed by atoms with Crippen molar-refractivity contribution < 1.29 is 4.74 Å². The molecule has 1 aliphatic rings. The predicted octanol–water partition coefficient (Wildman–Crippen LogP) is 6.15. The van der Waals surface area contributed by atoms with Crippen molar-refractivity contribution in [1.29, 1.82) is 0 Å². The molecule has 0 radical (unpaired) electrons. The zero-order valence-corrected chi connectivity index (χ0v) is 17.4. The Bertz CT molecular complexity index is 1180. The number of aryl methyl sites for hydroxylation is 2. The van der Waals surface area contributed by atoms with E-state index >= 15 is 0 Å². The number of aromatic nitrogens is 3. The van der Waals surface area contributed by atoms with E-state index in [1.54, 1.807) is 0 Å². The van der Waals surface area contributed by atoms with Crippen molar-refractivity contribution >= 4 is 0 Å². The van der Waals surface area contributed by atoms with Crippen LogP contribution in [-0.2, 0) is 5.41 Å². The van der Waals surface area contributed by atoms with Gasteiger partial charge in [0, 0.05) is 23.4 Å². The van der Waals surface area contributed by atoms with Gasteiger partial charge in [0.2, 0.25) is 0 Å². The zero-order valence-electron chi connectivity index (χ0n) is 17.4. The molecule has 1 fully saturated rings. The largest absolute Gasteiger partial charge is 0.457 e. The monoisotopic (exact) mass is 395 g/mol. The Hall–Kier alpha value is -3.40. The number of nitrogens with zero attached hydrogens (tertiary/aromatic N) is 3. The van der Waals surface area contributed by atoms with Crippen LogP contribution < -0.4 is 4.74 Å². The molecule has 0 N–H and O–H groups in total. The van der Waals surface area contributed by atoms with Crippen molar-refractivity contribution in [1.82, 2.24) is 14.8 Å². The molecule has 0 unspecified atom stereocenters. The summed E-state index contributed by atoms with van der Waals surface area (Å²) in [6.07, 6.45) is 5.37. The maximum Gasteiger partial charge on any atom is 0.129 e. The fourth-order valence-corrected chi connectivity index (χ4v) is 4.43. The molecule has 4 heteroatoms. The van der Waals surface area contributed by atoms with Gasteiger partial charge in [-0.3, -0.25) is 4.98 Å². The van der Waals surface area contributed by atoms with E-state index < -0.39 is 0 Å². The summed E-state index contributed by atoms with van der Waals surface area (Å²) >= 11 is 0. The number of pyridine rings is 1. The van der Waals surface area contributed by atoms with Crippen molar-refractivity contribution in [3.63, 3.8) is 0 Å². The summed E-state index contributed by atoms with van der Waals surface area (Å²) in [6, 6.07) is 24.8. The molecule has 1 aliphatic carbocycles. The fraction of sp³-hybridized carbons (Fsp3) is 0.231. The number of benzene rings is 2. The first-order valence-corrected chi connectivity index (χ1v) is 10.5. The third-order valence-corrected chi connectivity index (χ3v) is 6.06. The molecule has 5 rings (SSSR count). The first kappa shape index (κ1) is 18.6. The van der Waals surface area contributed by atoms with Gasteiger partial charge in [-0.25, -0.2) is 4.68 Å². The van der Waals surface area contributed by atoms with Crippen molar-refractivity contribution in [3.8, 4) is 17.2 Å². The van der Waals surface area contributed by atoms with Gasteiger partial charge in [-0.15, -0.1) is 0 Å². The van der Waals surface area contributed by atoms with Crippen molar-refractivity contribution in [2.75, 3.05) is 0 Å². The number of hydrogen-bond donors (Lipinski definition) is 0. The minimum atomic E-state index is 0.00613. The molecule has 1 saturated carbocycles. The Balaban J connectivity index is 1.45. The average Bonchev–Trinajstić information content (AvgIpc) is 3.07. The predicted molar refractivity (Wildman–Crippen MR) is 118 cm³/mol. The molecule has 150 valence electrons. The van der Waals surface area contributed by atoms with Crippen LogP contribution >= 0.6 is 0 Å². The third-order valence-electron chi connectivity index (χ3n) is 6.06. The minimum Gasteiger partial charge on any atom is -0.457 e. The van der Waals surface area contributed by atoms with E-state index in [4.69, 9.17) is 4.74 Å². The van der Waals surface area contributed by atoms with Crippen LogP contribution in [-0.4, -0.2) is 14.8 Å². The highest BCUT2D eigenvalue weighted by atomic mass is 16.5. The lowest BCUT2D eigenvalue weighted by Crippen LogP contribution is -2.36. The lowest BCUT2D eigenvalue weighted by Gasteiger charge is -2.42. The number of rotatable bonds is 5. The van der Waals surface area contributed by atoms with Crippen molar-refractivity contribution in [3.05, 3.63) is 102 Å². The van der Waals surface area contributed by atoms with Gasteiger partial charge in [-0.1, -0.05) is 30.7 Å². The highest BCUT2D eigenvalue weighted by Gasteiger charge is 2.41. The van der Waals surface area contributed by atoms with Gasteiger partial charge < -0.3 is 4.74 Å². The third kappa shape index (κ3) is 3.28. The second kappa shape index (κ2) is 7.45. The average molecular weight is 396 g/mol. The molecular weight excluding hydrogens is 370 g/mol. The molecule has 0 spiro atoms. The summed E-state index contributed by atoms with van der Waals surface area (Å²) in [7, 11) is 0. The van der Waals surface area contributed by atoms with Crippen LogP contribution in [0.1, 0.15) is 41.9 Å². The van der Waals surface area contributed by atoms with Gasteiger partial charge in [-0.05, 0) is 74.7 Å². The van der Waals surface area contributed by atoms with Gasteiger partial charge in [0.15, 0.2) is 0 Å². The molecule has 0 bridgehead atoms. The number of ether oxygens (including phenoxy) is 1.